The van der Waals surface area contributed by atoms with Crippen LogP contribution in [0.1, 0.15) is 11.1 Å². The van der Waals surface area contributed by atoms with Gasteiger partial charge in [-0.1, -0.05) is 12.1 Å². The molecule has 4 nitrogen and oxygen atoms in total. The Bertz CT molecular complexity index is 662. The molecule has 0 aliphatic carbocycles. The van der Waals surface area contributed by atoms with Crippen molar-refractivity contribution in [2.75, 3.05) is 6.54 Å². The minimum Gasteiger partial charge on any atom is -0.508 e. The lowest BCUT2D eigenvalue weighted by atomic mass is 9.95. The van der Waals surface area contributed by atoms with E-state index in [1.807, 2.05) is 18.2 Å². The van der Waals surface area contributed by atoms with E-state index >= 15 is 0 Å². The molecule has 0 aromatic heterocycles. The summed E-state index contributed by atoms with van der Waals surface area (Å²) in [4.78, 5) is 0. The second kappa shape index (κ2) is 4.90. The lowest BCUT2D eigenvalue weighted by Gasteiger charge is -2.26. The van der Waals surface area contributed by atoms with Crippen molar-refractivity contribution in [2.45, 2.75) is 6.10 Å². The number of fused-ring (bicyclic) bond motifs is 1. The fourth-order valence-corrected chi connectivity index (χ4v) is 2.32. The van der Waals surface area contributed by atoms with Gasteiger partial charge in [-0.25, -0.2) is 0 Å². The van der Waals surface area contributed by atoms with Crippen LogP contribution in [-0.2, 0) is 0 Å². The molecule has 1 heterocycles. The molecule has 0 radical (unpaired) electrons. The Morgan fingerprint density at radius 1 is 1.00 bits per heavy atom. The monoisotopic (exact) mass is 269 g/mol. The number of phenolic OH excluding ortho intramolecular Hbond substituents is 2. The van der Waals surface area contributed by atoms with Crippen LogP contribution in [0.25, 0.3) is 11.6 Å². The maximum atomic E-state index is 9.50. The molecule has 20 heavy (non-hydrogen) atoms. The third-order valence-electron chi connectivity index (χ3n) is 3.34. The first-order chi connectivity index (χ1) is 9.67. The standard InChI is InChI=1S/C16H15NO3/c17-9-16-14(10-1-4-12(18)5-2-10)7-11-3-6-13(19)8-15(11)20-16/h1-8,16,18-19H,9,17H2. The quantitative estimate of drug-likeness (QED) is 0.782. The van der Waals surface area contributed by atoms with Gasteiger partial charge < -0.3 is 20.7 Å². The molecule has 4 heteroatoms. The smallest absolute Gasteiger partial charge is 0.137 e. The van der Waals surface area contributed by atoms with Crippen molar-refractivity contribution in [2.24, 2.45) is 5.73 Å². The second-order valence-corrected chi connectivity index (χ2v) is 4.71. The number of aromatic hydroxyl groups is 2. The summed E-state index contributed by atoms with van der Waals surface area (Å²) in [6.07, 6.45) is 1.73. The Morgan fingerprint density at radius 3 is 2.40 bits per heavy atom. The van der Waals surface area contributed by atoms with E-state index in [4.69, 9.17) is 10.5 Å². The van der Waals surface area contributed by atoms with E-state index in [-0.39, 0.29) is 17.6 Å². The van der Waals surface area contributed by atoms with Crippen LogP contribution in [0.15, 0.2) is 42.5 Å². The highest BCUT2D eigenvalue weighted by Crippen LogP contribution is 2.36. The van der Waals surface area contributed by atoms with E-state index in [0.29, 0.717) is 12.3 Å². The molecule has 2 aromatic rings. The Kier molecular flexibility index (Phi) is 3.08. The molecule has 0 saturated carbocycles. The summed E-state index contributed by atoms with van der Waals surface area (Å²) in [5.41, 5.74) is 8.60. The van der Waals surface area contributed by atoms with Gasteiger partial charge in [0.15, 0.2) is 0 Å². The molecular formula is C16H15NO3. The summed E-state index contributed by atoms with van der Waals surface area (Å²) in [5.74, 6) is 1.02. The van der Waals surface area contributed by atoms with Crippen LogP contribution in [-0.4, -0.2) is 22.9 Å². The van der Waals surface area contributed by atoms with Crippen LogP contribution in [0.2, 0.25) is 0 Å². The number of rotatable bonds is 2. The largest absolute Gasteiger partial charge is 0.508 e. The number of hydrogen-bond acceptors (Lipinski definition) is 4. The zero-order chi connectivity index (χ0) is 14.1. The molecule has 1 unspecified atom stereocenters. The average molecular weight is 269 g/mol. The van der Waals surface area contributed by atoms with Crippen molar-refractivity contribution in [1.82, 2.24) is 0 Å². The van der Waals surface area contributed by atoms with E-state index in [1.165, 1.54) is 0 Å². The molecule has 0 spiro atoms. The highest BCUT2D eigenvalue weighted by Gasteiger charge is 2.23. The van der Waals surface area contributed by atoms with Gasteiger partial charge in [0, 0.05) is 23.7 Å². The summed E-state index contributed by atoms with van der Waals surface area (Å²) in [7, 11) is 0. The number of benzene rings is 2. The molecule has 0 saturated heterocycles. The van der Waals surface area contributed by atoms with Crippen molar-refractivity contribution in [3.63, 3.8) is 0 Å². The SMILES string of the molecule is NCC1Oc2cc(O)ccc2C=C1c1ccc(O)cc1. The van der Waals surface area contributed by atoms with E-state index < -0.39 is 0 Å². The lowest BCUT2D eigenvalue weighted by molar-refractivity contribution is 0.261. The number of ether oxygens (including phenoxy) is 1. The van der Waals surface area contributed by atoms with Crippen molar-refractivity contribution in [3.8, 4) is 17.2 Å². The van der Waals surface area contributed by atoms with Crippen LogP contribution in [0.3, 0.4) is 0 Å². The van der Waals surface area contributed by atoms with Gasteiger partial charge in [-0.15, -0.1) is 0 Å². The third-order valence-corrected chi connectivity index (χ3v) is 3.34. The van der Waals surface area contributed by atoms with Gasteiger partial charge >= 0.3 is 0 Å². The van der Waals surface area contributed by atoms with Crippen LogP contribution >= 0.6 is 0 Å². The molecule has 2 aromatic carbocycles. The van der Waals surface area contributed by atoms with Crippen LogP contribution in [0.4, 0.5) is 0 Å². The van der Waals surface area contributed by atoms with Crippen molar-refractivity contribution >= 4 is 11.6 Å². The molecule has 0 bridgehead atoms. The zero-order valence-electron chi connectivity index (χ0n) is 10.8. The molecule has 102 valence electrons. The average Bonchev–Trinajstić information content (AvgIpc) is 2.46. The van der Waals surface area contributed by atoms with Crippen LogP contribution in [0.5, 0.6) is 17.2 Å². The normalized spacial score (nSPS) is 17.1. The fraction of sp³-hybridized carbons (Fsp3) is 0.125. The summed E-state index contributed by atoms with van der Waals surface area (Å²) in [6.45, 7) is 0.335. The van der Waals surface area contributed by atoms with E-state index in [9.17, 15) is 10.2 Å². The Balaban J connectivity index is 2.07. The zero-order valence-corrected chi connectivity index (χ0v) is 10.8. The van der Waals surface area contributed by atoms with Gasteiger partial charge in [-0.05, 0) is 35.9 Å². The minimum absolute atomic E-state index is 0.168. The Labute approximate surface area is 116 Å². The van der Waals surface area contributed by atoms with Gasteiger partial charge in [0.05, 0.1) is 0 Å². The third kappa shape index (κ3) is 2.21. The molecule has 1 aliphatic rings. The first kappa shape index (κ1) is 12.6. The molecule has 1 aliphatic heterocycles. The molecule has 4 N–H and O–H groups in total. The summed E-state index contributed by atoms with van der Waals surface area (Å²) >= 11 is 0. The van der Waals surface area contributed by atoms with Gasteiger partial charge in [0.1, 0.15) is 23.4 Å². The van der Waals surface area contributed by atoms with Crippen LogP contribution < -0.4 is 10.5 Å². The first-order valence-electron chi connectivity index (χ1n) is 6.38. The maximum Gasteiger partial charge on any atom is 0.137 e. The van der Waals surface area contributed by atoms with E-state index in [1.54, 1.807) is 30.3 Å². The molecule has 1 atom stereocenters. The first-order valence-corrected chi connectivity index (χ1v) is 6.38. The van der Waals surface area contributed by atoms with Gasteiger partial charge in [-0.3, -0.25) is 0 Å². The number of nitrogens with two attached hydrogens (primary N) is 1. The predicted octanol–water partition coefficient (Wildman–Crippen LogP) is 2.36. The maximum absolute atomic E-state index is 9.50. The van der Waals surface area contributed by atoms with E-state index in [0.717, 1.165) is 16.7 Å². The van der Waals surface area contributed by atoms with E-state index in [2.05, 4.69) is 0 Å². The van der Waals surface area contributed by atoms with Gasteiger partial charge in [0.2, 0.25) is 0 Å². The van der Waals surface area contributed by atoms with Crippen molar-refractivity contribution < 1.29 is 14.9 Å². The number of phenols is 2. The second-order valence-electron chi connectivity index (χ2n) is 4.71. The van der Waals surface area contributed by atoms with Crippen LogP contribution in [0, 0.1) is 0 Å². The minimum atomic E-state index is -0.270. The molecular weight excluding hydrogens is 254 g/mol. The lowest BCUT2D eigenvalue weighted by Crippen LogP contribution is -2.30. The predicted molar refractivity (Wildman–Crippen MR) is 77.6 cm³/mol. The Morgan fingerprint density at radius 2 is 1.70 bits per heavy atom. The molecule has 0 amide bonds. The van der Waals surface area contributed by atoms with Gasteiger partial charge in [0.25, 0.3) is 0 Å². The molecule has 0 fully saturated rings. The summed E-state index contributed by atoms with van der Waals surface area (Å²) in [6, 6.07) is 11.9. The Hall–Kier alpha value is -2.46. The summed E-state index contributed by atoms with van der Waals surface area (Å²) < 4.78 is 5.84. The van der Waals surface area contributed by atoms with Gasteiger partial charge in [-0.2, -0.15) is 0 Å². The molecule has 3 rings (SSSR count). The van der Waals surface area contributed by atoms with Crippen molar-refractivity contribution in [1.29, 1.82) is 0 Å². The fourth-order valence-electron chi connectivity index (χ4n) is 2.32. The highest BCUT2D eigenvalue weighted by molar-refractivity contribution is 5.87. The highest BCUT2D eigenvalue weighted by atomic mass is 16.5. The summed E-state index contributed by atoms with van der Waals surface area (Å²) in [5, 5.41) is 18.9. The topological polar surface area (TPSA) is 75.7 Å². The van der Waals surface area contributed by atoms with Crippen molar-refractivity contribution in [3.05, 3.63) is 53.6 Å². The number of hydrogen-bond donors (Lipinski definition) is 3.